The maximum absolute atomic E-state index is 10.3. The molecule has 0 amide bonds. The van der Waals surface area contributed by atoms with Crippen molar-refractivity contribution >= 4 is 46.7 Å². The lowest BCUT2D eigenvalue weighted by Gasteiger charge is -1.98. The van der Waals surface area contributed by atoms with E-state index in [-0.39, 0.29) is 0 Å². The SMILES string of the molecule is O=C(CCl)OC(=O)C(Cl)Cl. The van der Waals surface area contributed by atoms with E-state index in [1.165, 1.54) is 0 Å². The average molecular weight is 205 g/mol. The highest BCUT2D eigenvalue weighted by Crippen LogP contribution is 2.03. The third-order valence-electron chi connectivity index (χ3n) is 0.502. The number of halogens is 3. The van der Waals surface area contributed by atoms with Crippen molar-refractivity contribution in [3.63, 3.8) is 0 Å². The minimum atomic E-state index is -1.34. The molecule has 0 spiro atoms. The second-order valence-corrected chi connectivity index (χ2v) is 2.59. The van der Waals surface area contributed by atoms with Crippen LogP contribution in [0.25, 0.3) is 0 Å². The first kappa shape index (κ1) is 10.0. The molecule has 3 nitrogen and oxygen atoms in total. The predicted octanol–water partition coefficient (Wildman–Crippen LogP) is 1.10. The number of hydrogen-bond donors (Lipinski definition) is 0. The summed E-state index contributed by atoms with van der Waals surface area (Å²) in [5, 5.41) is 0. The predicted molar refractivity (Wildman–Crippen MR) is 37.3 cm³/mol. The summed E-state index contributed by atoms with van der Waals surface area (Å²) in [6, 6.07) is 0. The van der Waals surface area contributed by atoms with Crippen LogP contribution in [0.3, 0.4) is 0 Å². The molecule has 0 rings (SSSR count). The highest BCUT2D eigenvalue weighted by Gasteiger charge is 2.16. The van der Waals surface area contributed by atoms with Crippen molar-refractivity contribution in [1.82, 2.24) is 0 Å². The average Bonchev–Trinajstić information content (AvgIpc) is 1.87. The Morgan fingerprint density at radius 2 is 1.90 bits per heavy atom. The largest absolute Gasteiger partial charge is 0.390 e. The van der Waals surface area contributed by atoms with Gasteiger partial charge < -0.3 is 4.74 Å². The number of esters is 2. The molecule has 0 aromatic carbocycles. The Hall–Kier alpha value is 0.01000. The first-order valence-electron chi connectivity index (χ1n) is 2.16. The van der Waals surface area contributed by atoms with Gasteiger partial charge in [0.2, 0.25) is 4.84 Å². The van der Waals surface area contributed by atoms with Crippen LogP contribution in [-0.2, 0) is 14.3 Å². The molecule has 0 aliphatic rings. The van der Waals surface area contributed by atoms with Gasteiger partial charge in [-0.05, 0) is 0 Å². The van der Waals surface area contributed by atoms with Crippen LogP contribution in [0.4, 0.5) is 0 Å². The van der Waals surface area contributed by atoms with Crippen LogP contribution in [0.15, 0.2) is 0 Å². The summed E-state index contributed by atoms with van der Waals surface area (Å²) in [6.45, 7) is 0. The van der Waals surface area contributed by atoms with Crippen molar-refractivity contribution in [1.29, 1.82) is 0 Å². The first-order chi connectivity index (χ1) is 4.57. The first-order valence-corrected chi connectivity index (χ1v) is 3.57. The second-order valence-electron chi connectivity index (χ2n) is 1.23. The third kappa shape index (κ3) is 3.93. The summed E-state index contributed by atoms with van der Waals surface area (Å²) < 4.78 is 3.99. The zero-order valence-electron chi connectivity index (χ0n) is 4.64. The zero-order chi connectivity index (χ0) is 8.15. The van der Waals surface area contributed by atoms with Gasteiger partial charge in [0, 0.05) is 0 Å². The van der Waals surface area contributed by atoms with Gasteiger partial charge >= 0.3 is 11.9 Å². The van der Waals surface area contributed by atoms with Crippen molar-refractivity contribution in [2.24, 2.45) is 0 Å². The standard InChI is InChI=1S/C4H3Cl3O3/c5-1-2(8)10-4(9)3(6)7/h3H,1H2. The number of hydrogen-bond acceptors (Lipinski definition) is 3. The molecular weight excluding hydrogens is 202 g/mol. The molecule has 0 unspecified atom stereocenters. The Balaban J connectivity index is 3.69. The Morgan fingerprint density at radius 1 is 1.40 bits per heavy atom. The van der Waals surface area contributed by atoms with Crippen LogP contribution >= 0.6 is 34.8 Å². The maximum atomic E-state index is 10.3. The quantitative estimate of drug-likeness (QED) is 0.385. The molecule has 0 N–H and O–H groups in total. The molecule has 0 heterocycles. The van der Waals surface area contributed by atoms with Crippen LogP contribution in [0.2, 0.25) is 0 Å². The number of rotatable bonds is 2. The van der Waals surface area contributed by atoms with Crippen molar-refractivity contribution in [3.8, 4) is 0 Å². The summed E-state index contributed by atoms with van der Waals surface area (Å²) in [6.07, 6.45) is 0. The van der Waals surface area contributed by atoms with Crippen LogP contribution in [0, 0.1) is 0 Å². The van der Waals surface area contributed by atoms with Gasteiger partial charge in [0.15, 0.2) is 0 Å². The van der Waals surface area contributed by atoms with Gasteiger partial charge in [-0.25, -0.2) is 4.79 Å². The van der Waals surface area contributed by atoms with Crippen LogP contribution in [0.1, 0.15) is 0 Å². The fourth-order valence-electron chi connectivity index (χ4n) is 0.184. The number of ether oxygens (including phenoxy) is 1. The lowest BCUT2D eigenvalue weighted by Crippen LogP contribution is -2.18. The van der Waals surface area contributed by atoms with Crippen LogP contribution in [0.5, 0.6) is 0 Å². The van der Waals surface area contributed by atoms with E-state index in [1.54, 1.807) is 0 Å². The maximum Gasteiger partial charge on any atom is 0.347 e. The van der Waals surface area contributed by atoms with Gasteiger partial charge in [-0.3, -0.25) is 4.79 Å². The van der Waals surface area contributed by atoms with E-state index in [9.17, 15) is 9.59 Å². The fourth-order valence-corrected chi connectivity index (χ4v) is 0.328. The molecular formula is C4H3Cl3O3. The van der Waals surface area contributed by atoms with E-state index in [1.807, 2.05) is 0 Å². The molecule has 0 aliphatic heterocycles. The monoisotopic (exact) mass is 204 g/mol. The molecule has 6 heteroatoms. The molecule has 10 heavy (non-hydrogen) atoms. The number of carbonyl (C=O) groups excluding carboxylic acids is 2. The highest BCUT2D eigenvalue weighted by atomic mass is 35.5. The van der Waals surface area contributed by atoms with Gasteiger partial charge in [0.1, 0.15) is 5.88 Å². The molecule has 0 radical (unpaired) electrons. The molecule has 0 aromatic rings. The van der Waals surface area contributed by atoms with Gasteiger partial charge in [0.05, 0.1) is 0 Å². The third-order valence-corrected chi connectivity index (χ3v) is 1.08. The van der Waals surface area contributed by atoms with Crippen molar-refractivity contribution in [2.45, 2.75) is 4.84 Å². The lowest BCUT2D eigenvalue weighted by atomic mass is 10.7. The zero-order valence-corrected chi connectivity index (χ0v) is 6.91. The topological polar surface area (TPSA) is 43.4 Å². The van der Waals surface area contributed by atoms with E-state index < -0.39 is 22.7 Å². The summed E-state index contributed by atoms with van der Waals surface area (Å²) in [5.74, 6) is -2.27. The summed E-state index contributed by atoms with van der Waals surface area (Å²) in [5.41, 5.74) is 0. The van der Waals surface area contributed by atoms with Crippen LogP contribution < -0.4 is 0 Å². The normalized spacial score (nSPS) is 9.60. The van der Waals surface area contributed by atoms with Gasteiger partial charge in [-0.15, -0.1) is 11.6 Å². The Morgan fingerprint density at radius 3 is 2.20 bits per heavy atom. The van der Waals surface area contributed by atoms with E-state index >= 15 is 0 Å². The summed E-state index contributed by atoms with van der Waals surface area (Å²) in [4.78, 5) is 19.2. The molecule has 0 fully saturated rings. The molecule has 0 atom stereocenters. The summed E-state index contributed by atoms with van der Waals surface area (Å²) in [7, 11) is 0. The number of alkyl halides is 3. The molecule has 0 aliphatic carbocycles. The second kappa shape index (κ2) is 4.77. The van der Waals surface area contributed by atoms with E-state index in [4.69, 9.17) is 34.8 Å². The van der Waals surface area contributed by atoms with Gasteiger partial charge in [-0.1, -0.05) is 23.2 Å². The molecule has 0 bridgehead atoms. The smallest absolute Gasteiger partial charge is 0.347 e. The number of carbonyl (C=O) groups is 2. The Labute approximate surface area is 72.2 Å². The minimum absolute atomic E-state index is 0.397. The minimum Gasteiger partial charge on any atom is -0.390 e. The Bertz CT molecular complexity index is 145. The lowest BCUT2D eigenvalue weighted by molar-refractivity contribution is -0.156. The van der Waals surface area contributed by atoms with Crippen molar-refractivity contribution < 1.29 is 14.3 Å². The fraction of sp³-hybridized carbons (Fsp3) is 0.500. The van der Waals surface area contributed by atoms with Crippen molar-refractivity contribution in [3.05, 3.63) is 0 Å². The van der Waals surface area contributed by atoms with Crippen LogP contribution in [-0.4, -0.2) is 22.7 Å². The molecule has 0 saturated carbocycles. The molecule has 58 valence electrons. The highest BCUT2D eigenvalue weighted by molar-refractivity contribution is 6.53. The van der Waals surface area contributed by atoms with E-state index in [0.717, 1.165) is 0 Å². The molecule has 0 saturated heterocycles. The summed E-state index contributed by atoms with van der Waals surface area (Å²) >= 11 is 15.0. The Kier molecular flexibility index (Phi) is 4.77. The van der Waals surface area contributed by atoms with E-state index in [2.05, 4.69) is 4.74 Å². The molecule has 0 aromatic heterocycles. The van der Waals surface area contributed by atoms with Gasteiger partial charge in [-0.2, -0.15) is 0 Å². The van der Waals surface area contributed by atoms with Crippen molar-refractivity contribution in [2.75, 3.05) is 5.88 Å². The van der Waals surface area contributed by atoms with Gasteiger partial charge in [0.25, 0.3) is 0 Å². The van der Waals surface area contributed by atoms with E-state index in [0.29, 0.717) is 0 Å².